The number of nitro benzene ring substituents is 1. The Labute approximate surface area is 154 Å². The first-order chi connectivity index (χ1) is 13.0. The van der Waals surface area contributed by atoms with Gasteiger partial charge < -0.3 is 14.7 Å². The third-order valence-corrected chi connectivity index (χ3v) is 4.45. The summed E-state index contributed by atoms with van der Waals surface area (Å²) in [6, 6.07) is 5.94. The van der Waals surface area contributed by atoms with E-state index in [2.05, 4.69) is 5.10 Å². The SMILES string of the molecule is O=C(O)c1cnn(C2CCN(C(=O)COc3ccccc3[N+](=O)[O-])CC2)c1. The number of hydrogen-bond donors (Lipinski definition) is 1. The molecule has 0 aliphatic carbocycles. The smallest absolute Gasteiger partial charge is 0.338 e. The molecule has 1 aromatic carbocycles. The van der Waals surface area contributed by atoms with Crippen LogP contribution in [0.3, 0.4) is 0 Å². The van der Waals surface area contributed by atoms with Gasteiger partial charge in [0.15, 0.2) is 12.4 Å². The van der Waals surface area contributed by atoms with Gasteiger partial charge in [-0.1, -0.05) is 12.1 Å². The van der Waals surface area contributed by atoms with Gasteiger partial charge in [-0.15, -0.1) is 0 Å². The van der Waals surface area contributed by atoms with Crippen LogP contribution in [0.25, 0.3) is 0 Å². The summed E-state index contributed by atoms with van der Waals surface area (Å²) in [6.45, 7) is 0.679. The number of carbonyl (C=O) groups is 2. The number of ether oxygens (including phenoxy) is 1. The van der Waals surface area contributed by atoms with Crippen molar-refractivity contribution in [2.24, 2.45) is 0 Å². The zero-order valence-corrected chi connectivity index (χ0v) is 14.4. The van der Waals surface area contributed by atoms with E-state index < -0.39 is 10.9 Å². The van der Waals surface area contributed by atoms with Crippen LogP contribution < -0.4 is 4.74 Å². The Morgan fingerprint density at radius 2 is 2.00 bits per heavy atom. The number of nitrogens with zero attached hydrogens (tertiary/aromatic N) is 4. The second kappa shape index (κ2) is 7.85. The molecule has 1 aromatic heterocycles. The Bertz CT molecular complexity index is 857. The first-order valence-corrected chi connectivity index (χ1v) is 8.37. The van der Waals surface area contributed by atoms with Crippen molar-refractivity contribution in [3.63, 3.8) is 0 Å². The molecular weight excluding hydrogens is 356 g/mol. The predicted octanol–water partition coefficient (Wildman–Crippen LogP) is 1.73. The third-order valence-electron chi connectivity index (χ3n) is 4.45. The lowest BCUT2D eigenvalue weighted by Crippen LogP contribution is -2.41. The van der Waals surface area contributed by atoms with E-state index in [0.29, 0.717) is 25.9 Å². The van der Waals surface area contributed by atoms with E-state index >= 15 is 0 Å². The van der Waals surface area contributed by atoms with Gasteiger partial charge in [0.1, 0.15) is 0 Å². The van der Waals surface area contributed by atoms with Crippen LogP contribution in [0.5, 0.6) is 5.75 Å². The maximum atomic E-state index is 12.3. The lowest BCUT2D eigenvalue weighted by Gasteiger charge is -2.32. The van der Waals surface area contributed by atoms with Gasteiger partial charge in [-0.3, -0.25) is 19.6 Å². The number of nitro groups is 1. The molecule has 1 aliphatic rings. The number of aromatic nitrogens is 2. The fourth-order valence-electron chi connectivity index (χ4n) is 2.99. The number of piperidine rings is 1. The average Bonchev–Trinajstić information content (AvgIpc) is 3.17. The van der Waals surface area contributed by atoms with Gasteiger partial charge in [0.05, 0.1) is 22.7 Å². The van der Waals surface area contributed by atoms with Crippen LogP contribution in [0.2, 0.25) is 0 Å². The van der Waals surface area contributed by atoms with E-state index in [1.54, 1.807) is 15.6 Å². The highest BCUT2D eigenvalue weighted by Crippen LogP contribution is 2.26. The van der Waals surface area contributed by atoms with Gasteiger partial charge in [-0.25, -0.2) is 4.79 Å². The Hall–Kier alpha value is -3.43. The number of benzene rings is 1. The fraction of sp³-hybridized carbons (Fsp3) is 0.353. The summed E-state index contributed by atoms with van der Waals surface area (Å²) in [4.78, 5) is 35.3. The minimum Gasteiger partial charge on any atom is -0.478 e. The third kappa shape index (κ3) is 4.22. The van der Waals surface area contributed by atoms with Crippen molar-refractivity contribution in [1.82, 2.24) is 14.7 Å². The zero-order chi connectivity index (χ0) is 19.4. The molecule has 10 heteroatoms. The average molecular weight is 374 g/mol. The van der Waals surface area contributed by atoms with Crippen molar-refractivity contribution in [2.75, 3.05) is 19.7 Å². The molecule has 1 saturated heterocycles. The molecule has 0 atom stereocenters. The maximum Gasteiger partial charge on any atom is 0.338 e. The van der Waals surface area contributed by atoms with Crippen molar-refractivity contribution in [3.8, 4) is 5.75 Å². The minimum atomic E-state index is -1.03. The van der Waals surface area contributed by atoms with Gasteiger partial charge in [0.2, 0.25) is 0 Å². The summed E-state index contributed by atoms with van der Waals surface area (Å²) in [5.74, 6) is -1.22. The minimum absolute atomic E-state index is 0.0262. The first kappa shape index (κ1) is 18.4. The van der Waals surface area contributed by atoms with Gasteiger partial charge >= 0.3 is 11.7 Å². The van der Waals surface area contributed by atoms with Crippen molar-refractivity contribution in [1.29, 1.82) is 0 Å². The van der Waals surface area contributed by atoms with Crippen LogP contribution in [0.15, 0.2) is 36.7 Å². The number of carboxylic acid groups (broad SMARTS) is 1. The maximum absolute atomic E-state index is 12.3. The molecule has 0 spiro atoms. The topological polar surface area (TPSA) is 128 Å². The molecule has 3 rings (SSSR count). The number of carbonyl (C=O) groups excluding carboxylic acids is 1. The number of hydrogen-bond acceptors (Lipinski definition) is 6. The second-order valence-corrected chi connectivity index (χ2v) is 6.14. The Kier molecular flexibility index (Phi) is 5.34. The first-order valence-electron chi connectivity index (χ1n) is 8.37. The largest absolute Gasteiger partial charge is 0.478 e. The summed E-state index contributed by atoms with van der Waals surface area (Å²) in [7, 11) is 0. The van der Waals surface area contributed by atoms with E-state index in [-0.39, 0.29) is 35.6 Å². The molecule has 1 aliphatic heterocycles. The van der Waals surface area contributed by atoms with E-state index in [0.717, 1.165) is 0 Å². The van der Waals surface area contributed by atoms with Crippen LogP contribution >= 0.6 is 0 Å². The van der Waals surface area contributed by atoms with Crippen LogP contribution in [0.4, 0.5) is 5.69 Å². The van der Waals surface area contributed by atoms with E-state index in [9.17, 15) is 19.7 Å². The summed E-state index contributed by atoms with van der Waals surface area (Å²) < 4.78 is 6.96. The molecule has 0 radical (unpaired) electrons. The highest BCUT2D eigenvalue weighted by atomic mass is 16.6. The van der Waals surface area contributed by atoms with Crippen LogP contribution in [0.1, 0.15) is 29.2 Å². The normalized spacial score (nSPS) is 14.7. The molecule has 0 unspecified atom stereocenters. The summed E-state index contributed by atoms with van der Waals surface area (Å²) in [6.07, 6.45) is 4.07. The lowest BCUT2D eigenvalue weighted by molar-refractivity contribution is -0.385. The molecule has 0 bridgehead atoms. The van der Waals surface area contributed by atoms with Crippen molar-refractivity contribution >= 4 is 17.6 Å². The number of carboxylic acids is 1. The van der Waals surface area contributed by atoms with Crippen LogP contribution in [0, 0.1) is 10.1 Å². The number of para-hydroxylation sites is 2. The summed E-state index contributed by atoms with van der Waals surface area (Å²) in [5, 5.41) is 24.0. The Morgan fingerprint density at radius 1 is 1.30 bits per heavy atom. The quantitative estimate of drug-likeness (QED) is 0.602. The highest BCUT2D eigenvalue weighted by Gasteiger charge is 2.25. The molecule has 1 fully saturated rings. The Morgan fingerprint density at radius 3 is 2.63 bits per heavy atom. The molecule has 142 valence electrons. The summed E-state index contributed by atoms with van der Waals surface area (Å²) >= 11 is 0. The van der Waals surface area contributed by atoms with Crippen molar-refractivity contribution in [3.05, 3.63) is 52.3 Å². The van der Waals surface area contributed by atoms with Crippen molar-refractivity contribution < 1.29 is 24.4 Å². The summed E-state index contributed by atoms with van der Waals surface area (Å²) in [5.41, 5.74) is -0.0525. The lowest BCUT2D eigenvalue weighted by atomic mass is 10.1. The van der Waals surface area contributed by atoms with Gasteiger partial charge in [-0.2, -0.15) is 5.10 Å². The number of likely N-dealkylation sites (tertiary alicyclic amines) is 1. The molecule has 1 N–H and O–H groups in total. The van der Waals surface area contributed by atoms with E-state index in [4.69, 9.17) is 9.84 Å². The molecule has 10 nitrogen and oxygen atoms in total. The molecule has 2 aromatic rings. The van der Waals surface area contributed by atoms with Crippen LogP contribution in [-0.2, 0) is 4.79 Å². The van der Waals surface area contributed by atoms with Gasteiger partial charge in [0, 0.05) is 25.4 Å². The monoisotopic (exact) mass is 374 g/mol. The number of rotatable bonds is 6. The standard InChI is InChI=1S/C17H18N4O6/c22-16(11-27-15-4-2-1-3-14(15)21(25)26)19-7-5-13(6-8-19)20-10-12(9-18-20)17(23)24/h1-4,9-10,13H,5-8,11H2,(H,23,24). The van der Waals surface area contributed by atoms with E-state index in [1.165, 1.54) is 30.6 Å². The van der Waals surface area contributed by atoms with Gasteiger partial charge in [-0.05, 0) is 18.9 Å². The molecule has 27 heavy (non-hydrogen) atoms. The molecule has 2 heterocycles. The number of aromatic carboxylic acids is 1. The highest BCUT2D eigenvalue weighted by molar-refractivity contribution is 5.86. The molecule has 0 saturated carbocycles. The van der Waals surface area contributed by atoms with Crippen LogP contribution in [-0.4, -0.2) is 56.3 Å². The fourth-order valence-corrected chi connectivity index (χ4v) is 2.99. The van der Waals surface area contributed by atoms with Gasteiger partial charge in [0.25, 0.3) is 5.91 Å². The zero-order valence-electron chi connectivity index (χ0n) is 14.4. The Balaban J connectivity index is 1.53. The predicted molar refractivity (Wildman–Crippen MR) is 92.6 cm³/mol. The second-order valence-electron chi connectivity index (χ2n) is 6.14. The van der Waals surface area contributed by atoms with Crippen molar-refractivity contribution in [2.45, 2.75) is 18.9 Å². The molecule has 1 amide bonds. The molecular formula is C17H18N4O6. The number of amides is 1. The van der Waals surface area contributed by atoms with E-state index in [1.807, 2.05) is 0 Å².